The Balaban J connectivity index is 1.46. The Labute approximate surface area is 163 Å². The SMILES string of the molecule is O=S(=O)(c1ccc(F)cc1)N1CCN(C[C@@H](O)COc2ccc(F)cc2)CC1. The van der Waals surface area contributed by atoms with Crippen molar-refractivity contribution in [1.29, 1.82) is 0 Å². The van der Waals surface area contributed by atoms with Gasteiger partial charge in [-0.25, -0.2) is 17.2 Å². The van der Waals surface area contributed by atoms with Crippen LogP contribution in [-0.4, -0.2) is 68.2 Å². The zero-order valence-electron chi connectivity index (χ0n) is 15.2. The van der Waals surface area contributed by atoms with E-state index in [2.05, 4.69) is 0 Å². The van der Waals surface area contributed by atoms with Gasteiger partial charge in [-0.2, -0.15) is 4.31 Å². The fourth-order valence-corrected chi connectivity index (χ4v) is 4.40. The number of aliphatic hydroxyl groups excluding tert-OH is 1. The lowest BCUT2D eigenvalue weighted by Gasteiger charge is -2.34. The van der Waals surface area contributed by atoms with E-state index in [9.17, 15) is 22.3 Å². The standard InChI is InChI=1S/C19H22F2N2O4S/c20-15-1-5-18(6-2-15)27-14-17(24)13-22-9-11-23(12-10-22)28(25,26)19-7-3-16(21)4-8-19/h1-8,17,24H,9-14H2/t17-/m1/s1. The van der Waals surface area contributed by atoms with Crippen molar-refractivity contribution in [1.82, 2.24) is 9.21 Å². The molecule has 6 nitrogen and oxygen atoms in total. The van der Waals surface area contributed by atoms with Crippen LogP contribution >= 0.6 is 0 Å². The van der Waals surface area contributed by atoms with Crippen LogP contribution in [0.2, 0.25) is 0 Å². The van der Waals surface area contributed by atoms with E-state index in [1.807, 2.05) is 4.90 Å². The summed E-state index contributed by atoms with van der Waals surface area (Å²) in [5.74, 6) is -0.377. The summed E-state index contributed by atoms with van der Waals surface area (Å²) in [5, 5.41) is 10.1. The predicted octanol–water partition coefficient (Wildman–Crippen LogP) is 1.71. The highest BCUT2D eigenvalue weighted by molar-refractivity contribution is 7.89. The minimum absolute atomic E-state index is 0.0553. The van der Waals surface area contributed by atoms with Crippen LogP contribution in [0.15, 0.2) is 53.4 Å². The number of sulfonamides is 1. The Hall–Kier alpha value is -2.07. The van der Waals surface area contributed by atoms with Crippen LogP contribution < -0.4 is 4.74 Å². The first-order chi connectivity index (χ1) is 13.3. The lowest BCUT2D eigenvalue weighted by atomic mass is 10.3. The number of benzene rings is 2. The highest BCUT2D eigenvalue weighted by atomic mass is 32.2. The minimum Gasteiger partial charge on any atom is -0.491 e. The fourth-order valence-electron chi connectivity index (χ4n) is 2.98. The number of hydrogen-bond donors (Lipinski definition) is 1. The smallest absolute Gasteiger partial charge is 0.243 e. The summed E-state index contributed by atoms with van der Waals surface area (Å²) in [7, 11) is -3.66. The predicted molar refractivity (Wildman–Crippen MR) is 99.5 cm³/mol. The van der Waals surface area contributed by atoms with E-state index in [1.54, 1.807) is 0 Å². The molecule has 152 valence electrons. The van der Waals surface area contributed by atoms with Gasteiger partial charge in [0.2, 0.25) is 10.0 Å². The summed E-state index contributed by atoms with van der Waals surface area (Å²) in [5.41, 5.74) is 0. The van der Waals surface area contributed by atoms with Gasteiger partial charge in [-0.3, -0.25) is 4.90 Å². The molecule has 0 unspecified atom stereocenters. The van der Waals surface area contributed by atoms with E-state index in [1.165, 1.54) is 40.7 Å². The fraction of sp³-hybridized carbons (Fsp3) is 0.368. The molecule has 1 fully saturated rings. The molecule has 2 aromatic rings. The maximum Gasteiger partial charge on any atom is 0.243 e. The first-order valence-electron chi connectivity index (χ1n) is 8.89. The van der Waals surface area contributed by atoms with Gasteiger partial charge in [-0.05, 0) is 48.5 Å². The zero-order chi connectivity index (χ0) is 20.1. The van der Waals surface area contributed by atoms with Crippen molar-refractivity contribution < 1.29 is 27.0 Å². The molecule has 0 spiro atoms. The van der Waals surface area contributed by atoms with Crippen LogP contribution in [0.1, 0.15) is 0 Å². The van der Waals surface area contributed by atoms with Gasteiger partial charge >= 0.3 is 0 Å². The molecular weight excluding hydrogens is 390 g/mol. The lowest BCUT2D eigenvalue weighted by Crippen LogP contribution is -2.50. The van der Waals surface area contributed by atoms with Crippen molar-refractivity contribution >= 4 is 10.0 Å². The molecule has 0 bridgehead atoms. The van der Waals surface area contributed by atoms with Crippen molar-refractivity contribution in [2.75, 3.05) is 39.3 Å². The van der Waals surface area contributed by atoms with Crippen LogP contribution in [0.5, 0.6) is 5.75 Å². The van der Waals surface area contributed by atoms with E-state index in [4.69, 9.17) is 4.74 Å². The Kier molecular flexibility index (Phi) is 6.61. The third-order valence-corrected chi connectivity index (χ3v) is 6.42. The van der Waals surface area contributed by atoms with Crippen LogP contribution in [0.4, 0.5) is 8.78 Å². The third-order valence-electron chi connectivity index (χ3n) is 4.51. The highest BCUT2D eigenvalue weighted by Gasteiger charge is 2.29. The van der Waals surface area contributed by atoms with Gasteiger partial charge in [0.05, 0.1) is 4.90 Å². The number of ether oxygens (including phenoxy) is 1. The molecular formula is C19H22F2N2O4S. The van der Waals surface area contributed by atoms with Crippen LogP contribution in [0.3, 0.4) is 0 Å². The number of halogens is 2. The first kappa shape index (κ1) is 20.7. The zero-order valence-corrected chi connectivity index (χ0v) is 16.0. The third kappa shape index (κ3) is 5.26. The van der Waals surface area contributed by atoms with Crippen molar-refractivity contribution in [2.45, 2.75) is 11.0 Å². The number of rotatable bonds is 7. The molecule has 9 heteroatoms. The molecule has 0 radical (unpaired) electrons. The molecule has 0 aliphatic carbocycles. The number of aliphatic hydroxyl groups is 1. The highest BCUT2D eigenvalue weighted by Crippen LogP contribution is 2.18. The van der Waals surface area contributed by atoms with Gasteiger partial charge in [-0.1, -0.05) is 0 Å². The molecule has 0 aromatic heterocycles. The van der Waals surface area contributed by atoms with E-state index in [0.29, 0.717) is 25.4 Å². The quantitative estimate of drug-likeness (QED) is 0.750. The van der Waals surface area contributed by atoms with Crippen LogP contribution in [-0.2, 0) is 10.0 Å². The van der Waals surface area contributed by atoms with Gasteiger partial charge in [-0.15, -0.1) is 0 Å². The van der Waals surface area contributed by atoms with Crippen molar-refractivity contribution in [2.24, 2.45) is 0 Å². The summed E-state index contributed by atoms with van der Waals surface area (Å²) in [6, 6.07) is 10.3. The molecule has 1 aliphatic heterocycles. The maximum atomic E-state index is 13.0. The average Bonchev–Trinajstić information content (AvgIpc) is 2.68. The number of piperazine rings is 1. The molecule has 1 N–H and O–H groups in total. The Morgan fingerprint density at radius 1 is 0.929 bits per heavy atom. The van der Waals surface area contributed by atoms with Gasteiger partial charge in [0.25, 0.3) is 0 Å². The molecule has 1 saturated heterocycles. The summed E-state index contributed by atoms with van der Waals surface area (Å²) in [6.07, 6.45) is -0.759. The molecule has 0 saturated carbocycles. The minimum atomic E-state index is -3.66. The van der Waals surface area contributed by atoms with Crippen LogP contribution in [0, 0.1) is 11.6 Å². The average molecular weight is 412 g/mol. The molecule has 1 heterocycles. The Bertz CT molecular complexity index is 868. The van der Waals surface area contributed by atoms with Crippen LogP contribution in [0.25, 0.3) is 0 Å². The van der Waals surface area contributed by atoms with Crippen molar-refractivity contribution in [3.8, 4) is 5.75 Å². The molecule has 0 amide bonds. The summed E-state index contributed by atoms with van der Waals surface area (Å²) < 4.78 is 57.9. The maximum absolute atomic E-state index is 13.0. The Morgan fingerprint density at radius 2 is 1.46 bits per heavy atom. The monoisotopic (exact) mass is 412 g/mol. The van der Waals surface area contributed by atoms with Gasteiger partial charge in [0.1, 0.15) is 30.1 Å². The van der Waals surface area contributed by atoms with E-state index in [-0.39, 0.29) is 30.4 Å². The lowest BCUT2D eigenvalue weighted by molar-refractivity contribution is 0.0569. The van der Waals surface area contributed by atoms with Gasteiger partial charge < -0.3 is 9.84 Å². The molecule has 1 atom stereocenters. The summed E-state index contributed by atoms with van der Waals surface area (Å²) >= 11 is 0. The molecule has 28 heavy (non-hydrogen) atoms. The summed E-state index contributed by atoms with van der Waals surface area (Å²) in [4.78, 5) is 2.02. The number of hydrogen-bond acceptors (Lipinski definition) is 5. The second-order valence-corrected chi connectivity index (χ2v) is 8.52. The van der Waals surface area contributed by atoms with E-state index < -0.39 is 21.9 Å². The Morgan fingerprint density at radius 3 is 2.04 bits per heavy atom. The number of nitrogens with zero attached hydrogens (tertiary/aromatic N) is 2. The second-order valence-electron chi connectivity index (χ2n) is 6.58. The van der Waals surface area contributed by atoms with Crippen molar-refractivity contribution in [3.05, 3.63) is 60.2 Å². The largest absolute Gasteiger partial charge is 0.491 e. The molecule has 3 rings (SSSR count). The molecule has 1 aliphatic rings. The summed E-state index contributed by atoms with van der Waals surface area (Å²) in [6.45, 7) is 1.89. The van der Waals surface area contributed by atoms with Gasteiger partial charge in [0, 0.05) is 32.7 Å². The topological polar surface area (TPSA) is 70.1 Å². The normalized spacial score (nSPS) is 17.4. The van der Waals surface area contributed by atoms with Gasteiger partial charge in [0.15, 0.2) is 0 Å². The van der Waals surface area contributed by atoms with E-state index >= 15 is 0 Å². The first-order valence-corrected chi connectivity index (χ1v) is 10.3. The van der Waals surface area contributed by atoms with E-state index in [0.717, 1.165) is 12.1 Å². The number of β-amino-alcohol motifs (C(OH)–C–C–N with tert-alkyl or cyclic N) is 1. The second kappa shape index (κ2) is 8.95. The molecule has 2 aromatic carbocycles. The van der Waals surface area contributed by atoms with Crippen molar-refractivity contribution in [3.63, 3.8) is 0 Å².